The van der Waals surface area contributed by atoms with E-state index in [4.69, 9.17) is 5.73 Å². The van der Waals surface area contributed by atoms with E-state index < -0.39 is 47.9 Å². The Morgan fingerprint density at radius 2 is 1.69 bits per heavy atom. The fourth-order valence-corrected chi connectivity index (χ4v) is 3.97. The topological polar surface area (TPSA) is 199 Å². The van der Waals surface area contributed by atoms with Crippen molar-refractivity contribution in [2.45, 2.75) is 63.7 Å². The van der Waals surface area contributed by atoms with E-state index in [1.807, 2.05) is 0 Å². The highest BCUT2D eigenvalue weighted by Crippen LogP contribution is 2.20. The van der Waals surface area contributed by atoms with Crippen molar-refractivity contribution >= 4 is 23.7 Å². The molecule has 0 radical (unpaired) electrons. The molecule has 0 spiro atoms. The molecule has 4 atom stereocenters. The second-order valence-electron chi connectivity index (χ2n) is 8.98. The molecule has 7 N–H and O–H groups in total. The summed E-state index contributed by atoms with van der Waals surface area (Å²) in [5.41, 5.74) is 7.15. The van der Waals surface area contributed by atoms with E-state index in [1.165, 1.54) is 23.8 Å². The van der Waals surface area contributed by atoms with Crippen LogP contribution in [0.5, 0.6) is 0 Å². The average molecular weight is 489 g/mol. The van der Waals surface area contributed by atoms with E-state index in [0.717, 1.165) is 0 Å². The smallest absolute Gasteiger partial charge is 0.326 e. The minimum atomic E-state index is -1.20. The first-order valence-corrected chi connectivity index (χ1v) is 11.5. The summed E-state index contributed by atoms with van der Waals surface area (Å²) in [5, 5.41) is 14.8. The number of nitrogens with one attached hydrogen (secondary N) is 4. The van der Waals surface area contributed by atoms with Gasteiger partial charge in [0.05, 0.1) is 18.7 Å². The van der Waals surface area contributed by atoms with Gasteiger partial charge >= 0.3 is 5.97 Å². The van der Waals surface area contributed by atoms with Crippen LogP contribution in [0.25, 0.3) is 0 Å². The number of aliphatic carboxylic acids is 1. The van der Waals surface area contributed by atoms with E-state index in [-0.39, 0.29) is 18.8 Å². The van der Waals surface area contributed by atoms with Crippen LogP contribution in [-0.4, -0.2) is 84.3 Å². The Kier molecular flexibility index (Phi) is 8.58. The van der Waals surface area contributed by atoms with Crippen LogP contribution in [0.15, 0.2) is 25.0 Å². The second kappa shape index (κ2) is 11.6. The van der Waals surface area contributed by atoms with Gasteiger partial charge in [-0.25, -0.2) is 14.8 Å². The van der Waals surface area contributed by atoms with Gasteiger partial charge in [0.25, 0.3) is 0 Å². The number of carbonyl (C=O) groups is 4. The Balaban J connectivity index is 1.73. The lowest BCUT2D eigenvalue weighted by Crippen LogP contribution is -2.58. The Bertz CT molecular complexity index is 1010. The summed E-state index contributed by atoms with van der Waals surface area (Å²) < 4.78 is 0. The first-order valence-electron chi connectivity index (χ1n) is 11.5. The maximum Gasteiger partial charge on any atom is 0.326 e. The molecule has 190 valence electrons. The summed E-state index contributed by atoms with van der Waals surface area (Å²) in [5.74, 6) is -2.80. The highest BCUT2D eigenvalue weighted by molar-refractivity contribution is 5.94. The third-order valence-electron chi connectivity index (χ3n) is 6.05. The molecular formula is C22H32N8O5. The highest BCUT2D eigenvalue weighted by Gasteiger charge is 2.39. The molecule has 2 aromatic rings. The van der Waals surface area contributed by atoms with Gasteiger partial charge in [-0.05, 0) is 18.8 Å². The number of carbonyl (C=O) groups excluding carboxylic acids is 3. The molecule has 0 saturated carbocycles. The summed E-state index contributed by atoms with van der Waals surface area (Å²) in [7, 11) is 0. The quantitative estimate of drug-likeness (QED) is 0.230. The lowest BCUT2D eigenvalue weighted by atomic mass is 10.0. The number of hydrogen-bond donors (Lipinski definition) is 6. The van der Waals surface area contributed by atoms with Crippen molar-refractivity contribution in [3.8, 4) is 0 Å². The van der Waals surface area contributed by atoms with Gasteiger partial charge in [-0.15, -0.1) is 0 Å². The van der Waals surface area contributed by atoms with E-state index in [1.54, 1.807) is 20.0 Å². The van der Waals surface area contributed by atoms with Crippen molar-refractivity contribution in [2.24, 2.45) is 11.7 Å². The molecular weight excluding hydrogens is 456 g/mol. The third kappa shape index (κ3) is 6.66. The number of nitrogens with two attached hydrogens (primary N) is 1. The lowest BCUT2D eigenvalue weighted by Gasteiger charge is -2.30. The fourth-order valence-electron chi connectivity index (χ4n) is 3.97. The predicted molar refractivity (Wildman–Crippen MR) is 124 cm³/mol. The number of nitrogens with zero attached hydrogens (tertiary/aromatic N) is 3. The molecule has 3 heterocycles. The zero-order valence-corrected chi connectivity index (χ0v) is 19.7. The van der Waals surface area contributed by atoms with Gasteiger partial charge in [0.1, 0.15) is 18.1 Å². The number of aromatic nitrogens is 4. The summed E-state index contributed by atoms with van der Waals surface area (Å²) in [4.78, 5) is 65.9. The highest BCUT2D eigenvalue weighted by atomic mass is 16.4. The zero-order valence-electron chi connectivity index (χ0n) is 19.7. The molecule has 1 saturated heterocycles. The van der Waals surface area contributed by atoms with Gasteiger partial charge in [0.15, 0.2) is 0 Å². The molecule has 4 unspecified atom stereocenters. The Morgan fingerprint density at radius 1 is 1.09 bits per heavy atom. The predicted octanol–water partition coefficient (Wildman–Crippen LogP) is -1.05. The molecule has 3 rings (SSSR count). The summed E-state index contributed by atoms with van der Waals surface area (Å²) in [6.45, 7) is 3.92. The van der Waals surface area contributed by atoms with Gasteiger partial charge in [0, 0.05) is 43.2 Å². The molecule has 2 aromatic heterocycles. The Morgan fingerprint density at radius 3 is 2.20 bits per heavy atom. The maximum atomic E-state index is 13.5. The maximum absolute atomic E-state index is 13.5. The fraction of sp³-hybridized carbons (Fsp3) is 0.545. The first kappa shape index (κ1) is 25.9. The van der Waals surface area contributed by atoms with Gasteiger partial charge in [-0.1, -0.05) is 13.8 Å². The number of rotatable bonds is 11. The average Bonchev–Trinajstić information content (AvgIpc) is 3.59. The van der Waals surface area contributed by atoms with E-state index in [2.05, 4.69) is 30.6 Å². The van der Waals surface area contributed by atoms with Crippen LogP contribution in [-0.2, 0) is 32.0 Å². The Hall–Kier alpha value is -3.74. The van der Waals surface area contributed by atoms with Gasteiger partial charge in [-0.3, -0.25) is 14.4 Å². The van der Waals surface area contributed by atoms with E-state index >= 15 is 0 Å². The number of hydrogen-bond acceptors (Lipinski definition) is 7. The number of carboxylic acids is 1. The number of aromatic amines is 2. The van der Waals surface area contributed by atoms with E-state index in [0.29, 0.717) is 30.8 Å². The van der Waals surface area contributed by atoms with E-state index in [9.17, 15) is 24.3 Å². The van der Waals surface area contributed by atoms with Gasteiger partial charge in [0.2, 0.25) is 17.7 Å². The number of carboxylic acid groups (broad SMARTS) is 1. The summed E-state index contributed by atoms with van der Waals surface area (Å²) >= 11 is 0. The summed E-state index contributed by atoms with van der Waals surface area (Å²) in [6, 6.07) is -3.82. The Labute approximate surface area is 202 Å². The minimum absolute atomic E-state index is 0.0212. The summed E-state index contributed by atoms with van der Waals surface area (Å²) in [6.07, 6.45) is 7.03. The van der Waals surface area contributed by atoms with Crippen molar-refractivity contribution in [1.82, 2.24) is 35.5 Å². The standard InChI is InChI=1S/C22H32N8O5/c1-12(2)18(23)20(32)28-15(6-13-8-24-10-26-13)21(33)30-5-3-4-17(30)19(31)29-16(22(34)35)7-14-9-25-11-27-14/h8-12,15-18H,3-7,23H2,1-2H3,(H,24,26)(H,25,27)(H,28,32)(H,29,31)(H,34,35). The van der Waals surface area contributed by atoms with Gasteiger partial charge < -0.3 is 36.3 Å². The zero-order chi connectivity index (χ0) is 25.5. The van der Waals surface area contributed by atoms with Crippen LogP contribution in [0.4, 0.5) is 0 Å². The monoisotopic (exact) mass is 488 g/mol. The van der Waals surface area contributed by atoms with Crippen molar-refractivity contribution in [3.63, 3.8) is 0 Å². The SMILES string of the molecule is CC(C)C(N)C(=O)NC(Cc1cnc[nH]1)C(=O)N1CCCC1C(=O)NC(Cc1cnc[nH]1)C(=O)O. The molecule has 35 heavy (non-hydrogen) atoms. The number of amides is 3. The van der Waals surface area contributed by atoms with Crippen molar-refractivity contribution in [3.05, 3.63) is 36.4 Å². The van der Waals surface area contributed by atoms with Crippen LogP contribution in [0, 0.1) is 5.92 Å². The van der Waals surface area contributed by atoms with Crippen LogP contribution in [0.3, 0.4) is 0 Å². The molecule has 0 bridgehead atoms. The van der Waals surface area contributed by atoms with Crippen LogP contribution in [0.2, 0.25) is 0 Å². The van der Waals surface area contributed by atoms with Gasteiger partial charge in [-0.2, -0.15) is 0 Å². The second-order valence-corrected chi connectivity index (χ2v) is 8.98. The minimum Gasteiger partial charge on any atom is -0.480 e. The normalized spacial score (nSPS) is 18.2. The van der Waals surface area contributed by atoms with Crippen molar-refractivity contribution in [1.29, 1.82) is 0 Å². The molecule has 0 aliphatic carbocycles. The van der Waals surface area contributed by atoms with Crippen LogP contribution < -0.4 is 16.4 Å². The molecule has 1 aliphatic rings. The number of H-pyrrole nitrogens is 2. The number of likely N-dealkylation sites (tertiary alicyclic amines) is 1. The molecule has 13 nitrogen and oxygen atoms in total. The molecule has 0 aromatic carbocycles. The lowest BCUT2D eigenvalue weighted by molar-refractivity contribution is -0.145. The largest absolute Gasteiger partial charge is 0.480 e. The van der Waals surface area contributed by atoms with Crippen LogP contribution in [0.1, 0.15) is 38.1 Å². The molecule has 13 heteroatoms. The molecule has 3 amide bonds. The number of imidazole rings is 2. The van der Waals surface area contributed by atoms with Crippen molar-refractivity contribution in [2.75, 3.05) is 6.54 Å². The molecule has 1 aliphatic heterocycles. The third-order valence-corrected chi connectivity index (χ3v) is 6.05. The first-order chi connectivity index (χ1) is 16.7. The molecule has 1 fully saturated rings. The van der Waals surface area contributed by atoms with Crippen molar-refractivity contribution < 1.29 is 24.3 Å². The van der Waals surface area contributed by atoms with Crippen LogP contribution >= 0.6 is 0 Å².